The highest BCUT2D eigenvalue weighted by atomic mass is 16.5. The predicted octanol–water partition coefficient (Wildman–Crippen LogP) is 3.40. The van der Waals surface area contributed by atoms with Gasteiger partial charge in [-0.25, -0.2) is 4.79 Å². The first-order valence-electron chi connectivity index (χ1n) is 47.6. The Hall–Kier alpha value is -9.10. The number of hydrogen-bond acceptors (Lipinski definition) is 23. The van der Waals surface area contributed by atoms with Crippen molar-refractivity contribution in [3.05, 3.63) is 0 Å². The first-order valence-corrected chi connectivity index (χ1v) is 47.6. The molecule has 0 aromatic carbocycles. The normalized spacial score (nSPS) is 23.0. The van der Waals surface area contributed by atoms with E-state index in [1.54, 1.807) is 125 Å². The van der Waals surface area contributed by atoms with E-state index in [-0.39, 0.29) is 98.7 Å². The topological polar surface area (TPSA) is 477 Å². The molecule has 756 valence electrons. The van der Waals surface area contributed by atoms with Crippen LogP contribution in [-0.2, 0) is 95.8 Å². The summed E-state index contributed by atoms with van der Waals surface area (Å²) in [4.78, 5) is 274. The molecule has 1 saturated heterocycles. The highest BCUT2D eigenvalue weighted by Crippen LogP contribution is 2.31. The second-order valence-corrected chi connectivity index (χ2v) is 38.9. The van der Waals surface area contributed by atoms with Crippen molar-refractivity contribution in [2.45, 2.75) is 315 Å². The molecule has 0 saturated carbocycles. The number of nitrogens with zero attached hydrogens (tertiary/aromatic N) is 6. The maximum atomic E-state index is 16.1. The van der Waals surface area contributed by atoms with Crippen LogP contribution in [0.2, 0.25) is 0 Å². The van der Waals surface area contributed by atoms with Gasteiger partial charge in [-0.05, 0) is 119 Å². The van der Waals surface area contributed by atoms with Gasteiger partial charge in [0.05, 0.1) is 18.1 Å². The van der Waals surface area contributed by atoms with Gasteiger partial charge in [-0.3, -0.25) is 81.5 Å². The summed E-state index contributed by atoms with van der Waals surface area (Å²) in [5.41, 5.74) is 0. The minimum Gasteiger partial charge on any atom is -0.458 e. The number of rotatable bonds is 45. The molecule has 1 rings (SSSR count). The molecule has 23 atom stereocenters. The van der Waals surface area contributed by atoms with Crippen LogP contribution in [0, 0.1) is 82.9 Å². The fourth-order valence-corrected chi connectivity index (χ4v) is 16.7. The summed E-state index contributed by atoms with van der Waals surface area (Å²) < 4.78 is 11.5. The number of ether oxygens (including phenoxy) is 2. The second kappa shape index (κ2) is 58.2. The Morgan fingerprint density at radius 1 is 0.561 bits per heavy atom. The van der Waals surface area contributed by atoms with E-state index >= 15 is 47.9 Å². The van der Waals surface area contributed by atoms with Crippen LogP contribution in [0.4, 0.5) is 0 Å². The SMILES string of the molecule is CC[C@H](C)[C@H](NC)C(=O)C(C)C(C)[C@@H](C(=O)NCCC(=O)NC1C(=O)N(C)C(C(C)C)C(=O)N(C)[C@@H](C)C(=O)NCCC(=O)N[C@H](CC(C)C)C(=O)N(C)C(C(C)C(C)C(=O)[C@H](NC)[C@@H](C)CC)C(=O)O[C@H](C)C(NC(=O)[C@@H](CC(C)C)N(C)C(=O)[C@@H](NC(=O)COC)C(C)C)C(=O)N[C@H]([C@@H](C)CC)C(=O)C(C)C1C)N(C)C(=O)[C@@H](CC(C)C)NC(=O)CCN(C)C(=O)CCNC. The minimum absolute atomic E-state index is 0.0119. The van der Waals surface area contributed by atoms with Gasteiger partial charge < -0.3 is 97.4 Å². The summed E-state index contributed by atoms with van der Waals surface area (Å²) >= 11 is 0. The molecule has 10 unspecified atom stereocenters. The Morgan fingerprint density at radius 3 is 1.61 bits per heavy atom. The number of cyclic esters (lactones) is 1. The van der Waals surface area contributed by atoms with Crippen LogP contribution in [0.3, 0.4) is 0 Å². The smallest absolute Gasteiger partial charge is 0.329 e. The highest BCUT2D eigenvalue weighted by Gasteiger charge is 2.49. The zero-order chi connectivity index (χ0) is 102. The van der Waals surface area contributed by atoms with Crippen molar-refractivity contribution in [2.24, 2.45) is 82.9 Å². The summed E-state index contributed by atoms with van der Waals surface area (Å²) in [5.74, 6) is -22.6. The Kier molecular flexibility index (Phi) is 53.4. The quantitative estimate of drug-likeness (QED) is 0.0389. The number of methoxy groups -OCH3 is 1. The van der Waals surface area contributed by atoms with Crippen LogP contribution < -0.4 is 58.5 Å². The first kappa shape index (κ1) is 121. The number of Topliss-reactive ketones (excluding diaryl/α,β-unsaturated/α-hetero) is 3. The Morgan fingerprint density at radius 2 is 1.11 bits per heavy atom. The standard InChI is InChI=1S/C95H171N17O20/c1-35-55(14)75(97-26)83(118)62(21)59(18)81(111(32)90(125)66(46-50(4)5)102-71(115)41-45-107(28)73(117)40-42-96-25)89(124)100-44-39-70(114)103-78-58(17)61(20)85(120)77(57(16)37-3)105-88(123)79(106-87(122)68(48-52(8)9)109(30)92(127)74(53(10)11)104-72(116)49-131-34)65(24)132-95(130)82(60(19)63(22)84(119)76(98-27)56(15)36-2)112(33)91(126)67(47-51(6)7)101-69(113)38-43-99-86(121)64(23)108(29)94(129)80(54(12)13)110(31)93(78)128/h50-68,74-82,96-98H,35-49H2,1-34H3,(H,99,121)(H,100,124)(H,101,113)(H,102,115)(H,103,114)(H,104,116)(H,105,123)(H,106,122)/t55-,56-,57-,58?,59?,60?,61?,62?,63?,64-,65+,66+,67+,68+,74-,75-,76+,77+,78?,79?,80?,81-,82?/m0/s1. The number of amides is 14. The van der Waals surface area contributed by atoms with Crippen LogP contribution in [0.1, 0.15) is 230 Å². The number of carbonyl (C=O) groups excluding carboxylic acids is 18. The Labute approximate surface area is 787 Å². The monoisotopic (exact) mass is 1870 g/mol. The maximum absolute atomic E-state index is 16.1. The van der Waals surface area contributed by atoms with Crippen LogP contribution >= 0.6 is 0 Å². The van der Waals surface area contributed by atoms with Gasteiger partial charge in [0.1, 0.15) is 73.1 Å². The fourth-order valence-electron chi connectivity index (χ4n) is 16.7. The predicted molar refractivity (Wildman–Crippen MR) is 506 cm³/mol. The van der Waals surface area contributed by atoms with Gasteiger partial charge in [-0.2, -0.15) is 0 Å². The summed E-state index contributed by atoms with van der Waals surface area (Å²) in [6.45, 7) is 40.0. The average molecular weight is 1870 g/mol. The van der Waals surface area contributed by atoms with Gasteiger partial charge in [-0.15, -0.1) is 0 Å². The van der Waals surface area contributed by atoms with Crippen molar-refractivity contribution >= 4 is 106 Å². The Bertz CT molecular complexity index is 3830. The number of ketones is 3. The lowest BCUT2D eigenvalue weighted by Crippen LogP contribution is -2.63. The summed E-state index contributed by atoms with van der Waals surface area (Å²) in [5, 5.41) is 31.4. The van der Waals surface area contributed by atoms with Gasteiger partial charge in [0.15, 0.2) is 17.3 Å². The lowest BCUT2D eigenvalue weighted by molar-refractivity contribution is -0.165. The van der Waals surface area contributed by atoms with E-state index in [9.17, 15) is 38.4 Å². The molecule has 0 aromatic rings. The van der Waals surface area contributed by atoms with Gasteiger partial charge >= 0.3 is 5.97 Å². The van der Waals surface area contributed by atoms with Crippen LogP contribution in [-0.4, -0.2) is 323 Å². The van der Waals surface area contributed by atoms with E-state index in [1.165, 1.54) is 79.8 Å². The molecular formula is C95H171N17O20. The third kappa shape index (κ3) is 35.6. The van der Waals surface area contributed by atoms with Crippen LogP contribution in [0.15, 0.2) is 0 Å². The molecule has 0 spiro atoms. The Balaban J connectivity index is 4.79. The van der Waals surface area contributed by atoms with E-state index in [4.69, 9.17) is 9.47 Å². The van der Waals surface area contributed by atoms with Crippen molar-refractivity contribution in [1.82, 2.24) is 87.9 Å². The van der Waals surface area contributed by atoms with Crippen molar-refractivity contribution in [1.29, 1.82) is 0 Å². The molecule has 0 aliphatic carbocycles. The third-order valence-electron chi connectivity index (χ3n) is 26.7. The lowest BCUT2D eigenvalue weighted by atomic mass is 9.79. The summed E-state index contributed by atoms with van der Waals surface area (Å²) in [6.07, 6.45) is -1.26. The zero-order valence-corrected chi connectivity index (χ0v) is 86.1. The van der Waals surface area contributed by atoms with Gasteiger partial charge in [0, 0.05) is 119 Å². The molecule has 0 aromatic heterocycles. The summed E-state index contributed by atoms with van der Waals surface area (Å²) in [6, 6.07) is -17.6. The van der Waals surface area contributed by atoms with E-state index in [0.717, 1.165) is 19.6 Å². The van der Waals surface area contributed by atoms with E-state index in [1.807, 2.05) is 41.5 Å². The molecule has 11 N–H and O–H groups in total. The van der Waals surface area contributed by atoms with Gasteiger partial charge in [0.25, 0.3) is 0 Å². The number of likely N-dealkylation sites (N-methyl/N-ethyl adjacent to an activating group) is 7. The molecule has 1 fully saturated rings. The molecule has 37 heteroatoms. The van der Waals surface area contributed by atoms with Gasteiger partial charge in [-0.1, -0.05) is 172 Å². The molecule has 0 bridgehead atoms. The van der Waals surface area contributed by atoms with Crippen molar-refractivity contribution < 1.29 is 95.8 Å². The number of carbonyl (C=O) groups is 18. The largest absolute Gasteiger partial charge is 0.458 e. The molecule has 0 radical (unpaired) electrons. The van der Waals surface area contributed by atoms with E-state index < -0.39 is 252 Å². The molecule has 132 heavy (non-hydrogen) atoms. The number of esters is 1. The lowest BCUT2D eigenvalue weighted by Gasteiger charge is -2.39. The molecule has 37 nitrogen and oxygen atoms in total. The molecule has 1 heterocycles. The highest BCUT2D eigenvalue weighted by molar-refractivity contribution is 6.00. The molecular weight excluding hydrogens is 1700 g/mol. The molecule has 1 aliphatic rings. The number of nitrogens with one attached hydrogen (secondary N) is 11. The average Bonchev–Trinajstić information content (AvgIpc) is 0.826. The summed E-state index contributed by atoms with van der Waals surface area (Å²) in [7, 11) is 14.6. The zero-order valence-electron chi connectivity index (χ0n) is 86.1. The second-order valence-electron chi connectivity index (χ2n) is 38.9. The van der Waals surface area contributed by atoms with E-state index in [2.05, 4.69) is 58.5 Å². The number of hydrogen-bond donors (Lipinski definition) is 11. The van der Waals surface area contributed by atoms with E-state index in [0.29, 0.717) is 19.4 Å². The van der Waals surface area contributed by atoms with Crippen molar-refractivity contribution in [3.63, 3.8) is 0 Å². The first-order chi connectivity index (χ1) is 61.4. The molecule has 14 amide bonds. The third-order valence-corrected chi connectivity index (χ3v) is 26.7. The van der Waals surface area contributed by atoms with Crippen LogP contribution in [0.25, 0.3) is 0 Å². The van der Waals surface area contributed by atoms with Gasteiger partial charge in [0.2, 0.25) is 82.7 Å². The molecule has 1 aliphatic heterocycles. The van der Waals surface area contributed by atoms with Crippen molar-refractivity contribution in [3.8, 4) is 0 Å². The maximum Gasteiger partial charge on any atom is 0.329 e. The fraction of sp³-hybridized carbons (Fsp3) is 0.811. The minimum atomic E-state index is -2.00. The van der Waals surface area contributed by atoms with Crippen LogP contribution in [0.5, 0.6) is 0 Å². The van der Waals surface area contributed by atoms with Crippen molar-refractivity contribution in [2.75, 3.05) is 103 Å².